The van der Waals surface area contributed by atoms with E-state index in [0.29, 0.717) is 54.1 Å². The number of benzene rings is 2. The van der Waals surface area contributed by atoms with Crippen molar-refractivity contribution in [3.8, 4) is 0 Å². The number of amides is 3. The summed E-state index contributed by atoms with van der Waals surface area (Å²) in [5.74, 6) is -2.90. The maximum absolute atomic E-state index is 14.8. The first-order valence-corrected chi connectivity index (χ1v) is 19.4. The molecule has 5 N–H and O–H groups in total. The van der Waals surface area contributed by atoms with Crippen LogP contribution in [0.5, 0.6) is 0 Å². The molecular formula is C39H51ClF2N6O4S. The average molecular weight is 773 g/mol. The number of rotatable bonds is 15. The van der Waals surface area contributed by atoms with Gasteiger partial charge >= 0.3 is 0 Å². The maximum Gasteiger partial charge on any atom is 0.246 e. The van der Waals surface area contributed by atoms with Crippen LogP contribution in [0.4, 0.5) is 8.78 Å². The van der Waals surface area contributed by atoms with Crippen molar-refractivity contribution in [3.05, 3.63) is 69.9 Å². The number of nitrogens with one attached hydrogen (secondary N) is 5. The molecule has 0 bridgehead atoms. The Morgan fingerprint density at radius 2 is 1.74 bits per heavy atom. The van der Waals surface area contributed by atoms with E-state index in [-0.39, 0.29) is 41.7 Å². The highest BCUT2D eigenvalue weighted by molar-refractivity contribution is 7.80. The van der Waals surface area contributed by atoms with Gasteiger partial charge in [0.15, 0.2) is 0 Å². The Morgan fingerprint density at radius 3 is 2.43 bits per heavy atom. The van der Waals surface area contributed by atoms with E-state index in [0.717, 1.165) is 31.7 Å². The quantitative estimate of drug-likeness (QED) is 0.138. The molecule has 1 aliphatic heterocycles. The third kappa shape index (κ3) is 9.72. The summed E-state index contributed by atoms with van der Waals surface area (Å²) in [6.07, 6.45) is 1.63. The molecule has 2 heterocycles. The van der Waals surface area contributed by atoms with Gasteiger partial charge in [-0.3, -0.25) is 19.3 Å². The molecule has 2 aliphatic rings. The molecule has 0 saturated carbocycles. The SMILES string of the molecule is CCC(C)[C@H](NC(=O)Cc1ccccc1F)C(=O)N[C@]1(C(=O)N[C@H](C(=S)NCCN2CCOCC2)C(C)CC)CCc2[nH]c3c(Cl)cc(F)cc3c2C1. The fourth-order valence-electron chi connectivity index (χ4n) is 7.14. The highest BCUT2D eigenvalue weighted by Gasteiger charge is 2.46. The number of fused-ring (bicyclic) bond motifs is 3. The van der Waals surface area contributed by atoms with Gasteiger partial charge in [0.05, 0.1) is 41.2 Å². The highest BCUT2D eigenvalue weighted by atomic mass is 35.5. The van der Waals surface area contributed by atoms with E-state index in [2.05, 4.69) is 31.2 Å². The predicted molar refractivity (Wildman–Crippen MR) is 207 cm³/mol. The minimum Gasteiger partial charge on any atom is -0.379 e. The zero-order valence-electron chi connectivity index (χ0n) is 30.9. The van der Waals surface area contributed by atoms with E-state index in [1.807, 2.05) is 27.7 Å². The molecule has 53 heavy (non-hydrogen) atoms. The lowest BCUT2D eigenvalue weighted by molar-refractivity contribution is -0.137. The number of hydrogen-bond acceptors (Lipinski definition) is 6. The van der Waals surface area contributed by atoms with Crippen molar-refractivity contribution in [2.45, 2.75) is 83.8 Å². The fraction of sp³-hybridized carbons (Fsp3) is 0.538. The number of carbonyl (C=O) groups is 3. The van der Waals surface area contributed by atoms with Crippen molar-refractivity contribution < 1.29 is 27.9 Å². The molecule has 5 rings (SSSR count). The van der Waals surface area contributed by atoms with Gasteiger partial charge in [-0.15, -0.1) is 0 Å². The lowest BCUT2D eigenvalue weighted by Gasteiger charge is -2.40. The summed E-state index contributed by atoms with van der Waals surface area (Å²) in [6, 6.07) is 7.05. The Hall–Kier alpha value is -3.65. The number of hydrogen-bond donors (Lipinski definition) is 5. The minimum absolute atomic E-state index is 0.0410. The van der Waals surface area contributed by atoms with Gasteiger partial charge in [0.1, 0.15) is 23.2 Å². The Balaban J connectivity index is 1.43. The van der Waals surface area contributed by atoms with E-state index in [1.165, 1.54) is 24.3 Å². The first-order chi connectivity index (χ1) is 25.3. The third-order valence-corrected chi connectivity index (χ3v) is 11.5. The molecule has 1 saturated heterocycles. The van der Waals surface area contributed by atoms with Crippen molar-refractivity contribution >= 4 is 57.4 Å². The molecule has 2 aromatic carbocycles. The molecule has 0 spiro atoms. The standard InChI is InChI=1S/C39H51ClF2N6O4S/c1-5-23(3)33(45-32(49)19-25-9-7-8-10-30(25)42)36(50)47-39(12-11-31-28(22-39)27-20-26(41)21-29(40)35(27)44-31)38(51)46-34(24(4)6-2)37(53)43-13-14-48-15-17-52-18-16-48/h7-10,20-21,23-24,33-34,44H,5-6,11-19,22H2,1-4H3,(H,43,53)(H,45,49)(H,46,51)(H,47,50)/t23?,24?,33-,34-,39+/m0/s1. The summed E-state index contributed by atoms with van der Waals surface area (Å²) in [5.41, 5.74) is 0.759. The van der Waals surface area contributed by atoms with Gasteiger partial charge in [-0.25, -0.2) is 8.78 Å². The van der Waals surface area contributed by atoms with Gasteiger partial charge in [0.2, 0.25) is 17.7 Å². The maximum atomic E-state index is 14.8. The van der Waals surface area contributed by atoms with E-state index in [1.54, 1.807) is 12.1 Å². The Bertz CT molecular complexity index is 1800. The normalized spacial score (nSPS) is 19.8. The molecule has 0 radical (unpaired) electrons. The summed E-state index contributed by atoms with van der Waals surface area (Å²) in [7, 11) is 0. The number of nitrogens with zero attached hydrogens (tertiary/aromatic N) is 1. The van der Waals surface area contributed by atoms with Crippen LogP contribution in [-0.4, -0.2) is 89.6 Å². The Morgan fingerprint density at radius 1 is 1.04 bits per heavy atom. The van der Waals surface area contributed by atoms with Crippen LogP contribution >= 0.6 is 23.8 Å². The molecule has 5 atom stereocenters. The van der Waals surface area contributed by atoms with Crippen LogP contribution < -0.4 is 21.3 Å². The van der Waals surface area contributed by atoms with Crippen LogP contribution in [0.3, 0.4) is 0 Å². The number of morpholine rings is 1. The van der Waals surface area contributed by atoms with Crippen LogP contribution in [-0.2, 0) is 38.4 Å². The Kier molecular flexibility index (Phi) is 13.9. The molecule has 3 amide bonds. The lowest BCUT2D eigenvalue weighted by atomic mass is 9.78. The highest BCUT2D eigenvalue weighted by Crippen LogP contribution is 2.37. The number of carbonyl (C=O) groups excluding carboxylic acids is 3. The van der Waals surface area contributed by atoms with Crippen molar-refractivity contribution in [2.24, 2.45) is 11.8 Å². The van der Waals surface area contributed by atoms with Gasteiger partial charge in [-0.1, -0.05) is 82.6 Å². The van der Waals surface area contributed by atoms with Gasteiger partial charge in [0.25, 0.3) is 0 Å². The summed E-state index contributed by atoms with van der Waals surface area (Å²) in [5, 5.41) is 13.2. The molecular weight excluding hydrogens is 722 g/mol. The second kappa shape index (κ2) is 18.1. The first-order valence-electron chi connectivity index (χ1n) is 18.6. The molecule has 2 unspecified atom stereocenters. The van der Waals surface area contributed by atoms with Gasteiger partial charge in [-0.05, 0) is 54.0 Å². The van der Waals surface area contributed by atoms with Crippen LogP contribution in [0.2, 0.25) is 5.02 Å². The Labute approximate surface area is 320 Å². The van der Waals surface area contributed by atoms with Crippen LogP contribution in [0.25, 0.3) is 10.9 Å². The van der Waals surface area contributed by atoms with E-state index in [4.69, 9.17) is 28.6 Å². The van der Waals surface area contributed by atoms with Crippen molar-refractivity contribution in [3.63, 3.8) is 0 Å². The lowest BCUT2D eigenvalue weighted by Crippen LogP contribution is -2.67. The summed E-state index contributed by atoms with van der Waals surface area (Å²) in [6.45, 7) is 12.2. The molecule has 1 fully saturated rings. The smallest absolute Gasteiger partial charge is 0.246 e. The first kappa shape index (κ1) is 40.5. The van der Waals surface area contributed by atoms with Crippen molar-refractivity contribution in [1.29, 1.82) is 0 Å². The number of aromatic amines is 1. The predicted octanol–water partition coefficient (Wildman–Crippen LogP) is 5.00. The third-order valence-electron chi connectivity index (χ3n) is 10.8. The zero-order chi connectivity index (χ0) is 38.3. The zero-order valence-corrected chi connectivity index (χ0v) is 32.5. The second-order valence-electron chi connectivity index (χ2n) is 14.4. The number of halogens is 3. The number of aromatic nitrogens is 1. The molecule has 1 aromatic heterocycles. The van der Waals surface area contributed by atoms with E-state index >= 15 is 0 Å². The van der Waals surface area contributed by atoms with E-state index < -0.39 is 47.0 Å². The monoisotopic (exact) mass is 772 g/mol. The second-order valence-corrected chi connectivity index (χ2v) is 15.3. The van der Waals surface area contributed by atoms with E-state index in [9.17, 15) is 23.2 Å². The van der Waals surface area contributed by atoms with Crippen molar-refractivity contribution in [2.75, 3.05) is 39.4 Å². The largest absolute Gasteiger partial charge is 0.379 e. The van der Waals surface area contributed by atoms with Crippen LogP contribution in [0.1, 0.15) is 63.8 Å². The van der Waals surface area contributed by atoms with Gasteiger partial charge in [0, 0.05) is 43.7 Å². The summed E-state index contributed by atoms with van der Waals surface area (Å²) >= 11 is 12.3. The number of aryl methyl sites for hydroxylation is 1. The molecule has 10 nitrogen and oxygen atoms in total. The number of thiocarbonyl (C=S) groups is 1. The van der Waals surface area contributed by atoms with Gasteiger partial charge in [-0.2, -0.15) is 0 Å². The minimum atomic E-state index is -1.49. The number of H-pyrrole nitrogens is 1. The summed E-state index contributed by atoms with van der Waals surface area (Å²) in [4.78, 5) is 48.5. The molecule has 1 aliphatic carbocycles. The molecule has 288 valence electrons. The summed E-state index contributed by atoms with van der Waals surface area (Å²) < 4.78 is 34.6. The molecule has 14 heteroatoms. The number of ether oxygens (including phenoxy) is 1. The van der Waals surface area contributed by atoms with Crippen LogP contribution in [0.15, 0.2) is 36.4 Å². The fourth-order valence-corrected chi connectivity index (χ4v) is 7.78. The van der Waals surface area contributed by atoms with Crippen molar-refractivity contribution in [1.82, 2.24) is 31.2 Å². The topological polar surface area (TPSA) is 128 Å². The molecule has 3 aromatic rings. The average Bonchev–Trinajstić information content (AvgIpc) is 3.51. The van der Waals surface area contributed by atoms with Crippen LogP contribution in [0, 0.1) is 23.5 Å². The van der Waals surface area contributed by atoms with Gasteiger partial charge < -0.3 is 31.0 Å².